The summed E-state index contributed by atoms with van der Waals surface area (Å²) in [5, 5.41) is 2.89. The van der Waals surface area contributed by atoms with Gasteiger partial charge in [-0.15, -0.1) is 0 Å². The van der Waals surface area contributed by atoms with Crippen molar-refractivity contribution in [2.24, 2.45) is 0 Å². The van der Waals surface area contributed by atoms with Gasteiger partial charge in [0.15, 0.2) is 0 Å². The van der Waals surface area contributed by atoms with E-state index in [4.69, 9.17) is 9.47 Å². The van der Waals surface area contributed by atoms with Gasteiger partial charge < -0.3 is 19.7 Å². The summed E-state index contributed by atoms with van der Waals surface area (Å²) in [6, 6.07) is 10.7. The number of rotatable bonds is 5. The molecule has 0 spiro atoms. The molecule has 0 aliphatic carbocycles. The molecule has 3 fully saturated rings. The van der Waals surface area contributed by atoms with Crippen molar-refractivity contribution >= 4 is 11.6 Å². The molecule has 4 rings (SSSR count). The predicted octanol–water partition coefficient (Wildman–Crippen LogP) is 0.413. The highest BCUT2D eigenvalue weighted by atomic mass is 16.6. The Kier molecular flexibility index (Phi) is 6.47. The van der Waals surface area contributed by atoms with Gasteiger partial charge in [0.05, 0.1) is 31.5 Å². The third kappa shape index (κ3) is 5.03. The first-order valence-corrected chi connectivity index (χ1v) is 10.4. The molecule has 0 unspecified atom stereocenters. The fourth-order valence-corrected chi connectivity index (χ4v) is 4.37. The second kappa shape index (κ2) is 9.22. The van der Waals surface area contributed by atoms with Crippen LogP contribution in [-0.4, -0.2) is 99.5 Å². The van der Waals surface area contributed by atoms with E-state index in [2.05, 4.69) is 50.3 Å². The normalized spacial score (nSPS) is 27.4. The number of nitrogens with one attached hydrogen (secondary N) is 1. The Bertz CT molecular complexity index is 620. The molecule has 3 aliphatic rings. The number of piperazine rings is 1. The van der Waals surface area contributed by atoms with Gasteiger partial charge in [0.25, 0.3) is 0 Å². The number of benzene rings is 1. The molecule has 7 heteroatoms. The molecule has 0 saturated carbocycles. The van der Waals surface area contributed by atoms with Crippen molar-refractivity contribution in [3.63, 3.8) is 0 Å². The minimum atomic E-state index is -0.0301. The number of carbonyl (C=O) groups excluding carboxylic acids is 1. The second-order valence-electron chi connectivity index (χ2n) is 8.06. The van der Waals surface area contributed by atoms with Gasteiger partial charge in [-0.3, -0.25) is 14.6 Å². The first-order valence-electron chi connectivity index (χ1n) is 10.4. The van der Waals surface area contributed by atoms with Gasteiger partial charge in [-0.25, -0.2) is 0 Å². The van der Waals surface area contributed by atoms with Crippen molar-refractivity contribution in [1.82, 2.24) is 15.1 Å². The van der Waals surface area contributed by atoms with Gasteiger partial charge in [0.2, 0.25) is 5.91 Å². The molecular weight excluding hydrogens is 356 g/mol. The van der Waals surface area contributed by atoms with Crippen LogP contribution in [0, 0.1) is 0 Å². The number of hydrogen-bond donors (Lipinski definition) is 1. The van der Waals surface area contributed by atoms with E-state index in [1.165, 1.54) is 12.6 Å². The SMILES string of the molecule is CC(=O)NC1CO[C@H]2CN(CCN3CCN(c4ccccc4)CC3)C[C@@H]2OC1. The molecule has 3 aliphatic heterocycles. The number of nitrogens with zero attached hydrogens (tertiary/aromatic N) is 3. The second-order valence-corrected chi connectivity index (χ2v) is 8.06. The number of amides is 1. The Morgan fingerprint density at radius 1 is 0.964 bits per heavy atom. The fraction of sp³-hybridized carbons (Fsp3) is 0.667. The molecule has 1 aromatic rings. The number of carbonyl (C=O) groups is 1. The maximum Gasteiger partial charge on any atom is 0.217 e. The Hall–Kier alpha value is -1.67. The molecule has 2 atom stereocenters. The predicted molar refractivity (Wildman–Crippen MR) is 109 cm³/mol. The molecule has 154 valence electrons. The third-order valence-corrected chi connectivity index (χ3v) is 5.95. The quantitative estimate of drug-likeness (QED) is 0.789. The van der Waals surface area contributed by atoms with Crippen LogP contribution in [0.1, 0.15) is 6.92 Å². The molecule has 0 bridgehead atoms. The summed E-state index contributed by atoms with van der Waals surface area (Å²) in [4.78, 5) is 18.7. The van der Waals surface area contributed by atoms with Gasteiger partial charge in [-0.1, -0.05) is 18.2 Å². The molecule has 1 N–H and O–H groups in total. The van der Waals surface area contributed by atoms with Crippen LogP contribution in [0.5, 0.6) is 0 Å². The monoisotopic (exact) mass is 388 g/mol. The van der Waals surface area contributed by atoms with Gasteiger partial charge in [0, 0.05) is 65.0 Å². The number of hydrogen-bond acceptors (Lipinski definition) is 6. The van der Waals surface area contributed by atoms with Gasteiger partial charge in [0.1, 0.15) is 0 Å². The number of anilines is 1. The summed E-state index contributed by atoms with van der Waals surface area (Å²) in [5.41, 5.74) is 1.33. The van der Waals surface area contributed by atoms with Crippen molar-refractivity contribution < 1.29 is 14.3 Å². The molecule has 3 saturated heterocycles. The van der Waals surface area contributed by atoms with Crippen LogP contribution in [0.15, 0.2) is 30.3 Å². The number of para-hydroxylation sites is 1. The minimum Gasteiger partial charge on any atom is -0.372 e. The lowest BCUT2D eigenvalue weighted by molar-refractivity contribution is -0.120. The summed E-state index contributed by atoms with van der Waals surface area (Å²) in [6.45, 7) is 11.0. The van der Waals surface area contributed by atoms with Crippen molar-refractivity contribution in [2.45, 2.75) is 25.2 Å². The van der Waals surface area contributed by atoms with E-state index in [9.17, 15) is 4.79 Å². The summed E-state index contributed by atoms with van der Waals surface area (Å²) in [7, 11) is 0. The Morgan fingerprint density at radius 2 is 1.57 bits per heavy atom. The van der Waals surface area contributed by atoms with Crippen LogP contribution in [0.25, 0.3) is 0 Å². The summed E-state index contributed by atoms with van der Waals surface area (Å²) >= 11 is 0. The zero-order valence-corrected chi connectivity index (χ0v) is 16.8. The van der Waals surface area contributed by atoms with E-state index in [1.807, 2.05) is 0 Å². The van der Waals surface area contributed by atoms with E-state index in [0.717, 1.165) is 52.4 Å². The number of ether oxygens (including phenoxy) is 2. The largest absolute Gasteiger partial charge is 0.372 e. The molecule has 7 nitrogen and oxygen atoms in total. The van der Waals surface area contributed by atoms with Crippen molar-refractivity contribution in [3.8, 4) is 0 Å². The highest BCUT2D eigenvalue weighted by Gasteiger charge is 2.37. The molecule has 3 heterocycles. The topological polar surface area (TPSA) is 57.3 Å². The van der Waals surface area contributed by atoms with Crippen molar-refractivity contribution in [2.75, 3.05) is 70.5 Å². The standard InChI is InChI=1S/C21H32N4O3/c1-17(26)22-18-15-27-20-13-24(14-21(20)28-16-18)8-7-23-9-11-25(12-10-23)19-5-3-2-4-6-19/h2-6,18,20-21H,7-16H2,1H3,(H,22,26)/t20-,21-/m0/s1. The van der Waals surface area contributed by atoms with Crippen LogP contribution < -0.4 is 10.2 Å². The maximum absolute atomic E-state index is 11.2. The lowest BCUT2D eigenvalue weighted by Crippen LogP contribution is -2.48. The van der Waals surface area contributed by atoms with Crippen molar-refractivity contribution in [3.05, 3.63) is 30.3 Å². The first kappa shape index (κ1) is 19.6. The van der Waals surface area contributed by atoms with Gasteiger partial charge >= 0.3 is 0 Å². The highest BCUT2D eigenvalue weighted by molar-refractivity contribution is 5.73. The zero-order valence-electron chi connectivity index (χ0n) is 16.8. The highest BCUT2D eigenvalue weighted by Crippen LogP contribution is 2.20. The van der Waals surface area contributed by atoms with Crippen LogP contribution in [0.4, 0.5) is 5.69 Å². The lowest BCUT2D eigenvalue weighted by atomic mass is 10.2. The Labute approximate surface area is 167 Å². The lowest BCUT2D eigenvalue weighted by Gasteiger charge is -2.36. The van der Waals surface area contributed by atoms with E-state index < -0.39 is 0 Å². The third-order valence-electron chi connectivity index (χ3n) is 5.95. The van der Waals surface area contributed by atoms with E-state index in [-0.39, 0.29) is 24.2 Å². The van der Waals surface area contributed by atoms with E-state index >= 15 is 0 Å². The summed E-state index contributed by atoms with van der Waals surface area (Å²) < 4.78 is 12.0. The zero-order chi connectivity index (χ0) is 19.3. The Morgan fingerprint density at radius 3 is 2.18 bits per heavy atom. The molecule has 1 aromatic carbocycles. The average Bonchev–Trinajstić information content (AvgIpc) is 3.02. The van der Waals surface area contributed by atoms with Gasteiger partial charge in [-0.05, 0) is 12.1 Å². The molecule has 0 radical (unpaired) electrons. The first-order chi connectivity index (χ1) is 13.7. The van der Waals surface area contributed by atoms with Gasteiger partial charge in [-0.2, -0.15) is 0 Å². The number of likely N-dealkylation sites (tertiary alicyclic amines) is 1. The minimum absolute atomic E-state index is 0.0294. The molecule has 0 aromatic heterocycles. The van der Waals surface area contributed by atoms with Crippen LogP contribution >= 0.6 is 0 Å². The average molecular weight is 389 g/mol. The number of fused-ring (bicyclic) bond motifs is 1. The summed E-state index contributed by atoms with van der Waals surface area (Å²) in [5.74, 6) is -0.0294. The summed E-state index contributed by atoms with van der Waals surface area (Å²) in [6.07, 6.45) is 0.238. The van der Waals surface area contributed by atoms with E-state index in [1.54, 1.807) is 0 Å². The molecule has 28 heavy (non-hydrogen) atoms. The maximum atomic E-state index is 11.2. The fourth-order valence-electron chi connectivity index (χ4n) is 4.37. The Balaban J connectivity index is 1.17. The molecular formula is C21H32N4O3. The smallest absolute Gasteiger partial charge is 0.217 e. The van der Waals surface area contributed by atoms with Crippen LogP contribution in [-0.2, 0) is 14.3 Å². The van der Waals surface area contributed by atoms with E-state index in [0.29, 0.717) is 13.2 Å². The molecule has 1 amide bonds. The van der Waals surface area contributed by atoms with Crippen LogP contribution in [0.2, 0.25) is 0 Å². The van der Waals surface area contributed by atoms with Crippen LogP contribution in [0.3, 0.4) is 0 Å². The van der Waals surface area contributed by atoms with Crippen molar-refractivity contribution in [1.29, 1.82) is 0 Å².